The molecule has 87 valence electrons. The van der Waals surface area contributed by atoms with Gasteiger partial charge in [0.2, 0.25) is 0 Å². The quantitative estimate of drug-likeness (QED) is 0.621. The number of allylic oxidation sites excluding steroid dienone is 1. The van der Waals surface area contributed by atoms with Gasteiger partial charge in [-0.05, 0) is 36.6 Å². The van der Waals surface area contributed by atoms with Crippen LogP contribution < -0.4 is 5.32 Å². The molecule has 1 fully saturated rings. The molecule has 3 rings (SSSR count). The van der Waals surface area contributed by atoms with Crippen LogP contribution >= 0.6 is 0 Å². The fraction of sp³-hybridized carbons (Fsp3) is 0.429. The molecule has 1 heterocycles. The first-order valence-corrected chi connectivity index (χ1v) is 5.82. The maximum atomic E-state index is 3.48. The smallest absolute Gasteiger partial charge is 0.0191 e. The van der Waals surface area contributed by atoms with Crippen molar-refractivity contribution in [2.45, 2.75) is 18.8 Å². The number of fused-ring (bicyclic) bond motifs is 2. The van der Waals surface area contributed by atoms with Crippen LogP contribution in [0.25, 0.3) is 6.08 Å². The summed E-state index contributed by atoms with van der Waals surface area (Å²) in [7, 11) is 0. The second-order valence-electron chi connectivity index (χ2n) is 4.82. The summed E-state index contributed by atoms with van der Waals surface area (Å²) in [5.74, 6) is 0.700. The van der Waals surface area contributed by atoms with Crippen LogP contribution in [0.5, 0.6) is 0 Å². The molecule has 1 N–H and O–H groups in total. The second-order valence-corrected chi connectivity index (χ2v) is 4.82. The summed E-state index contributed by atoms with van der Waals surface area (Å²) < 4.78 is 0. The normalized spacial score (nSPS) is 27.7. The molecule has 1 aromatic rings. The van der Waals surface area contributed by atoms with E-state index in [1.165, 1.54) is 12.0 Å². The molecule has 1 aliphatic heterocycles. The molecule has 2 atom stereocenters. The SMILES string of the molecule is C[C@H]1CNCC[C@@]12C=Cc1ccccc12.[Y].[Y].[Y]. The Kier molecular flexibility index (Phi) is 9.69. The molecular weight excluding hydrogens is 449 g/mol. The van der Waals surface area contributed by atoms with Gasteiger partial charge in [0, 0.05) is 104 Å². The first kappa shape index (κ1) is 20.2. The summed E-state index contributed by atoms with van der Waals surface area (Å²) in [5.41, 5.74) is 3.28. The van der Waals surface area contributed by atoms with E-state index >= 15 is 0 Å². The number of rotatable bonds is 0. The maximum absolute atomic E-state index is 3.48. The van der Waals surface area contributed by atoms with E-state index in [1.54, 1.807) is 5.56 Å². The van der Waals surface area contributed by atoms with Gasteiger partial charge in [-0.1, -0.05) is 43.3 Å². The van der Waals surface area contributed by atoms with E-state index in [9.17, 15) is 0 Å². The van der Waals surface area contributed by atoms with Crippen LogP contribution in [0.3, 0.4) is 0 Å². The minimum absolute atomic E-state index is 0. The van der Waals surface area contributed by atoms with E-state index in [0.717, 1.165) is 13.1 Å². The number of benzene rings is 1. The topological polar surface area (TPSA) is 12.0 Å². The van der Waals surface area contributed by atoms with Crippen molar-refractivity contribution in [3.63, 3.8) is 0 Å². The molecule has 0 amide bonds. The largest absolute Gasteiger partial charge is 0.316 e. The Labute approximate surface area is 185 Å². The van der Waals surface area contributed by atoms with Gasteiger partial charge in [-0.25, -0.2) is 0 Å². The van der Waals surface area contributed by atoms with Crippen molar-refractivity contribution < 1.29 is 98.1 Å². The number of hydrogen-bond donors (Lipinski definition) is 1. The fourth-order valence-electron chi connectivity index (χ4n) is 3.08. The van der Waals surface area contributed by atoms with Gasteiger partial charge >= 0.3 is 0 Å². The Morgan fingerprint density at radius 2 is 1.89 bits per heavy atom. The predicted octanol–water partition coefficient (Wildman–Crippen LogP) is 2.57. The van der Waals surface area contributed by atoms with E-state index in [1.807, 2.05) is 0 Å². The van der Waals surface area contributed by atoms with Gasteiger partial charge in [0.25, 0.3) is 0 Å². The minimum Gasteiger partial charge on any atom is -0.316 e. The molecule has 2 aliphatic rings. The summed E-state index contributed by atoms with van der Waals surface area (Å²) in [5, 5.41) is 3.48. The molecule has 1 spiro atoms. The molecule has 4 heteroatoms. The average Bonchev–Trinajstić information content (AvgIpc) is 2.64. The summed E-state index contributed by atoms with van der Waals surface area (Å²) in [6.07, 6.45) is 5.97. The molecule has 0 unspecified atom stereocenters. The van der Waals surface area contributed by atoms with Gasteiger partial charge in [0.05, 0.1) is 0 Å². The van der Waals surface area contributed by atoms with Gasteiger partial charge in [0.1, 0.15) is 0 Å². The van der Waals surface area contributed by atoms with Gasteiger partial charge in [-0.15, -0.1) is 0 Å². The Balaban J connectivity index is 0.000000963. The molecular formula is C14H17NY3. The molecule has 1 nitrogen and oxygen atoms in total. The molecule has 1 saturated heterocycles. The Hall–Kier alpha value is 2.23. The molecule has 18 heavy (non-hydrogen) atoms. The third-order valence-electron chi connectivity index (χ3n) is 4.07. The van der Waals surface area contributed by atoms with Crippen molar-refractivity contribution >= 4 is 6.08 Å². The third kappa shape index (κ3) is 3.52. The summed E-state index contributed by atoms with van der Waals surface area (Å²) in [4.78, 5) is 0. The first-order chi connectivity index (χ1) is 7.33. The van der Waals surface area contributed by atoms with E-state index in [2.05, 4.69) is 48.7 Å². The van der Waals surface area contributed by atoms with Crippen LogP contribution in [0.15, 0.2) is 30.3 Å². The average molecular weight is 466 g/mol. The van der Waals surface area contributed by atoms with E-state index in [4.69, 9.17) is 0 Å². The third-order valence-corrected chi connectivity index (χ3v) is 4.07. The summed E-state index contributed by atoms with van der Waals surface area (Å²) in [6, 6.07) is 8.84. The molecule has 0 bridgehead atoms. The van der Waals surface area contributed by atoms with E-state index in [-0.39, 0.29) is 98.1 Å². The number of nitrogens with one attached hydrogen (secondary N) is 1. The number of piperidine rings is 1. The monoisotopic (exact) mass is 466 g/mol. The van der Waals surface area contributed by atoms with Gasteiger partial charge in [-0.3, -0.25) is 0 Å². The van der Waals surface area contributed by atoms with Crippen LogP contribution in [-0.2, 0) is 104 Å². The summed E-state index contributed by atoms with van der Waals surface area (Å²) in [6.45, 7) is 4.64. The van der Waals surface area contributed by atoms with Gasteiger partial charge in [-0.2, -0.15) is 0 Å². The van der Waals surface area contributed by atoms with Crippen molar-refractivity contribution in [2.75, 3.05) is 13.1 Å². The van der Waals surface area contributed by atoms with E-state index in [0.29, 0.717) is 11.3 Å². The van der Waals surface area contributed by atoms with Gasteiger partial charge < -0.3 is 5.32 Å². The molecule has 3 radical (unpaired) electrons. The van der Waals surface area contributed by atoms with Crippen molar-refractivity contribution in [1.82, 2.24) is 5.32 Å². The van der Waals surface area contributed by atoms with Gasteiger partial charge in [0.15, 0.2) is 0 Å². The molecule has 1 aliphatic carbocycles. The zero-order valence-electron chi connectivity index (χ0n) is 10.9. The zero-order chi connectivity index (χ0) is 10.3. The fourth-order valence-corrected chi connectivity index (χ4v) is 3.08. The van der Waals surface area contributed by atoms with Crippen LogP contribution in [0, 0.1) is 5.92 Å². The van der Waals surface area contributed by atoms with E-state index < -0.39 is 0 Å². The molecule has 0 saturated carbocycles. The van der Waals surface area contributed by atoms with Crippen molar-refractivity contribution in [3.8, 4) is 0 Å². The standard InChI is InChI=1S/C14H17N.3Y/c1-11-10-15-9-8-14(11)7-6-12-4-2-3-5-13(12)14;;;/h2-7,11,15H,8-10H2,1H3;;;/t11-,14-;;;/m0.../s1. The zero-order valence-corrected chi connectivity index (χ0v) is 19.4. The van der Waals surface area contributed by atoms with Crippen molar-refractivity contribution in [1.29, 1.82) is 0 Å². The van der Waals surface area contributed by atoms with Crippen LogP contribution in [0.2, 0.25) is 0 Å². The van der Waals surface area contributed by atoms with Crippen LogP contribution in [0.1, 0.15) is 24.5 Å². The number of hydrogen-bond acceptors (Lipinski definition) is 1. The van der Waals surface area contributed by atoms with Crippen LogP contribution in [-0.4, -0.2) is 13.1 Å². The Morgan fingerprint density at radius 3 is 2.61 bits per heavy atom. The Bertz CT molecular complexity index is 419. The minimum atomic E-state index is 0. The van der Waals surface area contributed by atoms with Crippen molar-refractivity contribution in [3.05, 3.63) is 41.5 Å². The predicted molar refractivity (Wildman–Crippen MR) is 63.8 cm³/mol. The van der Waals surface area contributed by atoms with Crippen molar-refractivity contribution in [2.24, 2.45) is 5.92 Å². The Morgan fingerprint density at radius 1 is 1.17 bits per heavy atom. The van der Waals surface area contributed by atoms with Crippen LogP contribution in [0.4, 0.5) is 0 Å². The second kappa shape index (κ2) is 8.62. The first-order valence-electron chi connectivity index (χ1n) is 5.82. The summed E-state index contributed by atoms with van der Waals surface area (Å²) >= 11 is 0. The maximum Gasteiger partial charge on any atom is 0.0191 e. The molecule has 0 aromatic heterocycles. The molecule has 1 aromatic carbocycles.